The number of hydrogen-bond acceptors (Lipinski definition) is 2. The molecule has 0 aliphatic heterocycles. The van der Waals surface area contributed by atoms with E-state index in [1.54, 1.807) is 0 Å². The van der Waals surface area contributed by atoms with E-state index in [4.69, 9.17) is 0 Å². The molecule has 4 heteroatoms. The van der Waals surface area contributed by atoms with Crippen molar-refractivity contribution in [3.05, 3.63) is 79.1 Å². The molecule has 0 aliphatic carbocycles. The van der Waals surface area contributed by atoms with Crippen molar-refractivity contribution in [2.75, 3.05) is 0 Å². The zero-order valence-electron chi connectivity index (χ0n) is 12.0. The van der Waals surface area contributed by atoms with Gasteiger partial charge in [-0.3, -0.25) is 4.98 Å². The van der Waals surface area contributed by atoms with E-state index in [1.807, 2.05) is 48.8 Å². The number of rotatable bonds is 3. The zero-order chi connectivity index (χ0) is 14.8. The average Bonchev–Trinajstić information content (AvgIpc) is 2.98. The molecule has 0 fully saturated rings. The summed E-state index contributed by atoms with van der Waals surface area (Å²) in [6.45, 7) is 0.727. The maximum absolute atomic E-state index is 4.60. The first-order chi connectivity index (χ1) is 10.9. The van der Waals surface area contributed by atoms with Crippen LogP contribution in [0.25, 0.3) is 22.2 Å². The number of aromatic amines is 1. The first-order valence-corrected chi connectivity index (χ1v) is 7.22. The third kappa shape index (κ3) is 3.11. The molecule has 0 unspecified atom stereocenters. The van der Waals surface area contributed by atoms with Crippen LogP contribution < -0.4 is 4.57 Å². The first kappa shape index (κ1) is 14.9. The quantitative estimate of drug-likeness (QED) is 0.588. The number of H-pyrrole nitrogens is 1. The lowest BCUT2D eigenvalue weighted by atomic mass is 10.1. The topological polar surface area (TPSA) is 45.5 Å². The molecule has 0 aliphatic rings. The fourth-order valence-electron chi connectivity index (χ4n) is 2.55. The molecule has 4 nitrogen and oxygen atoms in total. The van der Waals surface area contributed by atoms with Crippen molar-refractivity contribution in [3.63, 3.8) is 0 Å². The molecule has 3 heterocycles. The number of pyridine rings is 2. The van der Waals surface area contributed by atoms with Crippen molar-refractivity contribution in [2.45, 2.75) is 14.0 Å². The molecule has 1 aromatic carbocycles. The summed E-state index contributed by atoms with van der Waals surface area (Å²) in [5.74, 6) is 0.961. The second-order valence-electron chi connectivity index (χ2n) is 5.20. The summed E-state index contributed by atoms with van der Waals surface area (Å²) in [4.78, 5) is 12.0. The van der Waals surface area contributed by atoms with Crippen LogP contribution in [0.15, 0.2) is 73.3 Å². The van der Waals surface area contributed by atoms with E-state index >= 15 is 0 Å². The van der Waals surface area contributed by atoms with Gasteiger partial charge in [-0.05, 0) is 35.4 Å². The lowest BCUT2D eigenvalue weighted by Gasteiger charge is -1.99. The van der Waals surface area contributed by atoms with Gasteiger partial charge < -0.3 is 4.98 Å². The molecule has 0 saturated carbocycles. The molecule has 1 N–H and O–H groups in total. The number of imidazole rings is 1. The number of hydrogen-bond donors (Lipinski definition) is 1. The van der Waals surface area contributed by atoms with Gasteiger partial charge in [0.25, 0.3) is 0 Å². The largest absolute Gasteiger partial charge is 0.337 e. The van der Waals surface area contributed by atoms with E-state index in [1.165, 1.54) is 11.1 Å². The van der Waals surface area contributed by atoms with Crippen LogP contribution in [-0.2, 0) is 6.54 Å². The molecule has 4 aromatic rings. The Morgan fingerprint density at radius 3 is 2.30 bits per heavy atom. The van der Waals surface area contributed by atoms with Gasteiger partial charge in [-0.1, -0.05) is 19.6 Å². The molecule has 0 spiro atoms. The standard InChI is InChI=1S/C18H15N4.CH4/c1-2-4-17-16(3-1)20-18(21-17)13-22-11-7-15(8-12-22)14-5-9-19-10-6-14;/h1-12H,13H2,(H,20,21);1H4/q+1;. The van der Waals surface area contributed by atoms with Gasteiger partial charge in [0.1, 0.15) is 0 Å². The summed E-state index contributed by atoms with van der Waals surface area (Å²) in [7, 11) is 0. The lowest BCUT2D eigenvalue weighted by molar-refractivity contribution is -0.689. The van der Waals surface area contributed by atoms with Crippen LogP contribution in [0.1, 0.15) is 13.3 Å². The SMILES string of the molecule is C.c1ccc2[nH]c(C[n+]3ccc(-c4ccncc4)cc3)nc2c1. The fraction of sp³-hybridized carbons (Fsp3) is 0.105. The molecule has 0 bridgehead atoms. The second kappa shape index (κ2) is 6.40. The number of benzene rings is 1. The highest BCUT2D eigenvalue weighted by Gasteiger charge is 2.08. The van der Waals surface area contributed by atoms with Crippen molar-refractivity contribution >= 4 is 11.0 Å². The van der Waals surface area contributed by atoms with Crippen LogP contribution in [0.2, 0.25) is 0 Å². The smallest absolute Gasteiger partial charge is 0.205 e. The third-order valence-corrected chi connectivity index (χ3v) is 3.68. The Morgan fingerprint density at radius 1 is 0.870 bits per heavy atom. The average molecular weight is 303 g/mol. The van der Waals surface area contributed by atoms with Crippen molar-refractivity contribution in [1.82, 2.24) is 15.0 Å². The maximum atomic E-state index is 4.60. The van der Waals surface area contributed by atoms with Gasteiger partial charge >= 0.3 is 0 Å². The highest BCUT2D eigenvalue weighted by molar-refractivity contribution is 5.74. The van der Waals surface area contributed by atoms with Gasteiger partial charge in [0.2, 0.25) is 6.54 Å². The number of nitrogens with zero attached hydrogens (tertiary/aromatic N) is 3. The van der Waals surface area contributed by atoms with E-state index in [9.17, 15) is 0 Å². The number of para-hydroxylation sites is 2. The molecule has 23 heavy (non-hydrogen) atoms. The van der Waals surface area contributed by atoms with Gasteiger partial charge in [-0.25, -0.2) is 4.98 Å². The minimum absolute atomic E-state index is 0. The predicted octanol–water partition coefficient (Wildman–Crippen LogP) is 3.60. The van der Waals surface area contributed by atoms with E-state index in [2.05, 4.69) is 44.0 Å². The Kier molecular flexibility index (Phi) is 4.15. The molecule has 0 amide bonds. The lowest BCUT2D eigenvalue weighted by Crippen LogP contribution is -2.33. The third-order valence-electron chi connectivity index (χ3n) is 3.68. The molecule has 0 atom stereocenters. The number of aromatic nitrogens is 4. The Morgan fingerprint density at radius 2 is 1.57 bits per heavy atom. The summed E-state index contributed by atoms with van der Waals surface area (Å²) in [6.07, 6.45) is 7.77. The monoisotopic (exact) mass is 303 g/mol. The molecular weight excluding hydrogens is 284 g/mol. The van der Waals surface area contributed by atoms with Crippen molar-refractivity contribution in [3.8, 4) is 11.1 Å². The minimum atomic E-state index is 0. The van der Waals surface area contributed by atoms with Gasteiger partial charge in [0, 0.05) is 24.5 Å². The summed E-state index contributed by atoms with van der Waals surface area (Å²) in [6, 6.07) is 16.3. The molecular formula is C19H19N4+. The van der Waals surface area contributed by atoms with Crippen LogP contribution in [-0.4, -0.2) is 15.0 Å². The molecule has 114 valence electrons. The van der Waals surface area contributed by atoms with E-state index in [-0.39, 0.29) is 7.43 Å². The highest BCUT2D eigenvalue weighted by atomic mass is 15.0. The highest BCUT2D eigenvalue weighted by Crippen LogP contribution is 2.16. The maximum Gasteiger partial charge on any atom is 0.205 e. The Balaban J connectivity index is 0.00000156. The van der Waals surface area contributed by atoms with Gasteiger partial charge in [0.15, 0.2) is 18.2 Å². The van der Waals surface area contributed by atoms with Gasteiger partial charge in [-0.2, -0.15) is 4.57 Å². The Labute approximate surface area is 135 Å². The van der Waals surface area contributed by atoms with Crippen LogP contribution in [0.4, 0.5) is 0 Å². The van der Waals surface area contributed by atoms with E-state index < -0.39 is 0 Å². The molecule has 4 rings (SSSR count). The minimum Gasteiger partial charge on any atom is -0.337 e. The Bertz CT molecular complexity index is 862. The van der Waals surface area contributed by atoms with Crippen molar-refractivity contribution in [2.24, 2.45) is 0 Å². The van der Waals surface area contributed by atoms with Crippen LogP contribution in [0, 0.1) is 0 Å². The number of nitrogens with one attached hydrogen (secondary N) is 1. The first-order valence-electron chi connectivity index (χ1n) is 7.22. The van der Waals surface area contributed by atoms with Crippen molar-refractivity contribution in [1.29, 1.82) is 0 Å². The predicted molar refractivity (Wildman–Crippen MR) is 91.8 cm³/mol. The second-order valence-corrected chi connectivity index (χ2v) is 5.20. The van der Waals surface area contributed by atoms with E-state index in [0.29, 0.717) is 0 Å². The Hall–Kier alpha value is -3.01. The van der Waals surface area contributed by atoms with Crippen LogP contribution in [0.3, 0.4) is 0 Å². The summed E-state index contributed by atoms with van der Waals surface area (Å²) in [5, 5.41) is 0. The summed E-state index contributed by atoms with van der Waals surface area (Å²) < 4.78 is 2.11. The zero-order valence-corrected chi connectivity index (χ0v) is 12.0. The molecule has 0 radical (unpaired) electrons. The fourth-order valence-corrected chi connectivity index (χ4v) is 2.55. The van der Waals surface area contributed by atoms with Crippen molar-refractivity contribution < 1.29 is 4.57 Å². The van der Waals surface area contributed by atoms with Crippen LogP contribution in [0.5, 0.6) is 0 Å². The number of fused-ring (bicyclic) bond motifs is 1. The summed E-state index contributed by atoms with van der Waals surface area (Å²) in [5.41, 5.74) is 4.44. The van der Waals surface area contributed by atoms with Gasteiger partial charge in [0.05, 0.1) is 11.0 Å². The molecule has 3 aromatic heterocycles. The van der Waals surface area contributed by atoms with Gasteiger partial charge in [-0.15, -0.1) is 0 Å². The normalized spacial score (nSPS) is 10.4. The summed E-state index contributed by atoms with van der Waals surface area (Å²) >= 11 is 0. The molecule has 0 saturated heterocycles. The van der Waals surface area contributed by atoms with E-state index in [0.717, 1.165) is 23.4 Å². The van der Waals surface area contributed by atoms with Crippen LogP contribution >= 0.6 is 0 Å².